The average molecular weight is 298 g/mol. The summed E-state index contributed by atoms with van der Waals surface area (Å²) in [7, 11) is 4.21. The molecule has 0 aliphatic carbocycles. The molecule has 0 aromatic heterocycles. The highest BCUT2D eigenvalue weighted by Crippen LogP contribution is 2.26. The number of nitrogens with zero attached hydrogens (tertiary/aromatic N) is 3. The number of likely N-dealkylation sites (tertiary alicyclic amines) is 1. The zero-order chi connectivity index (χ0) is 14.7. The topological polar surface area (TPSA) is 49.6 Å². The number of hydrogen-bond acceptors (Lipinski definition) is 4. The highest BCUT2D eigenvalue weighted by atomic mass is 35.5. The summed E-state index contributed by atoms with van der Waals surface area (Å²) in [6.45, 7) is 2.90. The van der Waals surface area contributed by atoms with Crippen molar-refractivity contribution in [2.24, 2.45) is 0 Å². The third-order valence-electron chi connectivity index (χ3n) is 3.86. The Hall–Kier alpha value is -1.17. The summed E-state index contributed by atoms with van der Waals surface area (Å²) >= 11 is 5.83. The van der Waals surface area contributed by atoms with Gasteiger partial charge in [-0.2, -0.15) is 0 Å². The van der Waals surface area contributed by atoms with Gasteiger partial charge in [-0.15, -0.1) is 0 Å². The van der Waals surface area contributed by atoms with E-state index < -0.39 is 4.92 Å². The highest BCUT2D eigenvalue weighted by Gasteiger charge is 2.21. The van der Waals surface area contributed by atoms with Gasteiger partial charge in [0.15, 0.2) is 0 Å². The predicted octanol–water partition coefficient (Wildman–Crippen LogP) is 2.77. The summed E-state index contributed by atoms with van der Waals surface area (Å²) in [5, 5.41) is 11.1. The van der Waals surface area contributed by atoms with Gasteiger partial charge >= 0.3 is 0 Å². The van der Waals surface area contributed by atoms with Crippen molar-refractivity contribution < 1.29 is 4.92 Å². The second kappa shape index (κ2) is 6.52. The smallest absolute Gasteiger partial charge is 0.288 e. The lowest BCUT2D eigenvalue weighted by Gasteiger charge is -2.35. The van der Waals surface area contributed by atoms with Crippen LogP contribution in [-0.2, 0) is 6.54 Å². The van der Waals surface area contributed by atoms with E-state index in [2.05, 4.69) is 23.9 Å². The molecule has 110 valence electrons. The number of nitro groups is 1. The van der Waals surface area contributed by atoms with Crippen LogP contribution in [-0.4, -0.2) is 47.9 Å². The van der Waals surface area contributed by atoms with Gasteiger partial charge < -0.3 is 4.90 Å². The molecular weight excluding hydrogens is 278 g/mol. The number of nitro benzene ring substituents is 1. The molecule has 0 radical (unpaired) electrons. The van der Waals surface area contributed by atoms with Crippen molar-refractivity contribution in [2.75, 3.05) is 27.2 Å². The summed E-state index contributed by atoms with van der Waals surface area (Å²) in [4.78, 5) is 15.1. The van der Waals surface area contributed by atoms with Gasteiger partial charge in [0.05, 0.1) is 4.92 Å². The van der Waals surface area contributed by atoms with Gasteiger partial charge in [0, 0.05) is 25.2 Å². The second-order valence-electron chi connectivity index (χ2n) is 5.52. The van der Waals surface area contributed by atoms with Gasteiger partial charge in [-0.25, -0.2) is 0 Å². The summed E-state index contributed by atoms with van der Waals surface area (Å²) in [5.41, 5.74) is 0.912. The molecule has 1 unspecified atom stereocenters. The molecule has 0 spiro atoms. The molecule has 0 amide bonds. The van der Waals surface area contributed by atoms with Crippen LogP contribution in [0.15, 0.2) is 18.2 Å². The van der Waals surface area contributed by atoms with E-state index in [1.807, 2.05) is 6.07 Å². The van der Waals surface area contributed by atoms with Crippen LogP contribution in [0.25, 0.3) is 0 Å². The van der Waals surface area contributed by atoms with Crippen molar-refractivity contribution in [3.8, 4) is 0 Å². The molecule has 2 rings (SSSR count). The Kier molecular flexibility index (Phi) is 4.96. The molecule has 20 heavy (non-hydrogen) atoms. The van der Waals surface area contributed by atoms with Gasteiger partial charge in [-0.1, -0.05) is 17.7 Å². The predicted molar refractivity (Wildman–Crippen MR) is 80.1 cm³/mol. The Labute approximate surface area is 124 Å². The lowest BCUT2D eigenvalue weighted by molar-refractivity contribution is -0.384. The van der Waals surface area contributed by atoms with Gasteiger partial charge in [-0.05, 0) is 45.1 Å². The second-order valence-corrected chi connectivity index (χ2v) is 5.92. The van der Waals surface area contributed by atoms with Crippen LogP contribution in [0.5, 0.6) is 0 Å². The van der Waals surface area contributed by atoms with Crippen LogP contribution < -0.4 is 0 Å². The summed E-state index contributed by atoms with van der Waals surface area (Å²) in [5.74, 6) is 0. The van der Waals surface area contributed by atoms with Crippen molar-refractivity contribution in [3.05, 3.63) is 38.9 Å². The van der Waals surface area contributed by atoms with Crippen molar-refractivity contribution in [1.29, 1.82) is 0 Å². The largest absolute Gasteiger partial charge is 0.305 e. The van der Waals surface area contributed by atoms with E-state index >= 15 is 0 Å². The molecule has 0 N–H and O–H groups in total. The van der Waals surface area contributed by atoms with E-state index in [-0.39, 0.29) is 10.7 Å². The number of likely N-dealkylation sites (N-methyl/N-ethyl adjacent to an activating group) is 2. The van der Waals surface area contributed by atoms with E-state index in [9.17, 15) is 10.1 Å². The van der Waals surface area contributed by atoms with Crippen LogP contribution in [0, 0.1) is 10.1 Å². The van der Waals surface area contributed by atoms with Crippen LogP contribution in [0.2, 0.25) is 5.02 Å². The first-order valence-electron chi connectivity index (χ1n) is 6.79. The van der Waals surface area contributed by atoms with Crippen molar-refractivity contribution >= 4 is 17.3 Å². The Morgan fingerprint density at radius 3 is 2.95 bits per heavy atom. The van der Waals surface area contributed by atoms with Gasteiger partial charge in [0.1, 0.15) is 5.02 Å². The Morgan fingerprint density at radius 1 is 1.55 bits per heavy atom. The van der Waals surface area contributed by atoms with E-state index in [0.29, 0.717) is 12.6 Å². The quantitative estimate of drug-likeness (QED) is 0.633. The minimum Gasteiger partial charge on any atom is -0.305 e. The number of piperidine rings is 1. The van der Waals surface area contributed by atoms with Crippen LogP contribution in [0.1, 0.15) is 18.4 Å². The number of halogens is 1. The normalized spacial score (nSPS) is 20.3. The average Bonchev–Trinajstić information content (AvgIpc) is 2.40. The molecule has 1 aromatic carbocycles. The molecule has 6 heteroatoms. The summed E-state index contributed by atoms with van der Waals surface area (Å²) < 4.78 is 0. The fourth-order valence-corrected chi connectivity index (χ4v) is 2.90. The van der Waals surface area contributed by atoms with Crippen molar-refractivity contribution in [1.82, 2.24) is 9.80 Å². The third-order valence-corrected chi connectivity index (χ3v) is 4.18. The van der Waals surface area contributed by atoms with Gasteiger partial charge in [-0.3, -0.25) is 15.0 Å². The lowest BCUT2D eigenvalue weighted by atomic mass is 10.0. The van der Waals surface area contributed by atoms with E-state index in [1.165, 1.54) is 12.8 Å². The molecule has 1 saturated heterocycles. The van der Waals surface area contributed by atoms with Crippen molar-refractivity contribution in [2.45, 2.75) is 25.4 Å². The molecular formula is C14H20ClN3O2. The van der Waals surface area contributed by atoms with Gasteiger partial charge in [0.25, 0.3) is 5.69 Å². The highest BCUT2D eigenvalue weighted by molar-refractivity contribution is 6.32. The number of rotatable bonds is 4. The molecule has 1 fully saturated rings. The summed E-state index contributed by atoms with van der Waals surface area (Å²) in [6.07, 6.45) is 2.38. The van der Waals surface area contributed by atoms with Crippen molar-refractivity contribution in [3.63, 3.8) is 0 Å². The molecule has 0 saturated carbocycles. The third kappa shape index (κ3) is 3.69. The molecule has 1 aliphatic heterocycles. The maximum absolute atomic E-state index is 10.9. The maximum Gasteiger partial charge on any atom is 0.288 e. The Morgan fingerprint density at radius 2 is 2.30 bits per heavy atom. The zero-order valence-corrected chi connectivity index (χ0v) is 12.6. The van der Waals surface area contributed by atoms with Crippen LogP contribution >= 0.6 is 11.6 Å². The Bertz CT molecular complexity index is 495. The molecule has 1 aromatic rings. The van der Waals surface area contributed by atoms with E-state index in [4.69, 9.17) is 11.6 Å². The molecule has 5 nitrogen and oxygen atoms in total. The monoisotopic (exact) mass is 297 g/mol. The molecule has 1 heterocycles. The number of benzene rings is 1. The zero-order valence-electron chi connectivity index (χ0n) is 11.9. The number of hydrogen-bond donors (Lipinski definition) is 0. The lowest BCUT2D eigenvalue weighted by Crippen LogP contribution is -2.44. The van der Waals surface area contributed by atoms with Crippen LogP contribution in [0.3, 0.4) is 0 Å². The van der Waals surface area contributed by atoms with Gasteiger partial charge in [0.2, 0.25) is 0 Å². The van der Waals surface area contributed by atoms with E-state index in [0.717, 1.165) is 18.7 Å². The molecule has 0 bridgehead atoms. The SMILES string of the molecule is CN1CCCC(N(C)Cc2ccc(Cl)c([N+](=O)[O-])c2)C1. The molecule has 1 atom stereocenters. The minimum atomic E-state index is -0.430. The standard InChI is InChI=1S/C14H20ClN3O2/c1-16-7-3-4-12(10-16)17(2)9-11-5-6-13(15)14(8-11)18(19)20/h5-6,8,12H,3-4,7,9-10H2,1-2H3. The first kappa shape index (κ1) is 15.2. The fraction of sp³-hybridized carbons (Fsp3) is 0.571. The minimum absolute atomic E-state index is 0.0154. The first-order valence-corrected chi connectivity index (χ1v) is 7.17. The van der Waals surface area contributed by atoms with E-state index in [1.54, 1.807) is 12.1 Å². The fourth-order valence-electron chi connectivity index (χ4n) is 2.71. The van der Waals surface area contributed by atoms with Crippen LogP contribution in [0.4, 0.5) is 5.69 Å². The summed E-state index contributed by atoms with van der Waals surface area (Å²) in [6, 6.07) is 5.54. The first-order chi connectivity index (χ1) is 9.47. The molecule has 1 aliphatic rings. The maximum atomic E-state index is 10.9. The Balaban J connectivity index is 2.05.